The maximum Gasteiger partial charge on any atom is 0.0502 e. The van der Waals surface area contributed by atoms with Crippen molar-refractivity contribution < 1.29 is 4.74 Å². The Morgan fingerprint density at radius 3 is 3.15 bits per heavy atom. The molecule has 0 spiro atoms. The molecule has 0 saturated carbocycles. The minimum absolute atomic E-state index is 0.650. The van der Waals surface area contributed by atoms with E-state index in [9.17, 15) is 0 Å². The van der Waals surface area contributed by atoms with Crippen LogP contribution in [0.2, 0.25) is 0 Å². The Labute approximate surface area is 119 Å². The van der Waals surface area contributed by atoms with Gasteiger partial charge in [0.25, 0.3) is 0 Å². The minimum Gasteiger partial charge on any atom is -0.384 e. The lowest BCUT2D eigenvalue weighted by molar-refractivity contribution is 0.0587. The van der Waals surface area contributed by atoms with E-state index in [2.05, 4.69) is 41.3 Å². The van der Waals surface area contributed by atoms with Crippen LogP contribution in [0.15, 0.2) is 24.4 Å². The summed E-state index contributed by atoms with van der Waals surface area (Å²) in [6, 6.07) is 7.37. The summed E-state index contributed by atoms with van der Waals surface area (Å²) in [6.07, 6.45) is 4.64. The number of methoxy groups -OCH3 is 1. The van der Waals surface area contributed by atoms with Gasteiger partial charge in [-0.3, -0.25) is 0 Å². The topological polar surface area (TPSA) is 28.3 Å². The monoisotopic (exact) mass is 270 g/mol. The minimum atomic E-state index is 0.650. The molecule has 1 aromatic carbocycles. The van der Waals surface area contributed by atoms with E-state index in [1.807, 2.05) is 7.11 Å². The van der Waals surface area contributed by atoms with Crippen LogP contribution in [0.1, 0.15) is 23.5 Å². The predicted molar refractivity (Wildman–Crippen MR) is 81.1 cm³/mol. The van der Waals surface area contributed by atoms with Gasteiger partial charge in [-0.05, 0) is 43.0 Å². The van der Waals surface area contributed by atoms with Crippen molar-refractivity contribution in [1.82, 2.24) is 9.88 Å². The lowest BCUT2D eigenvalue weighted by Gasteiger charge is -2.45. The molecule has 2 aliphatic rings. The summed E-state index contributed by atoms with van der Waals surface area (Å²) >= 11 is 0. The number of likely N-dealkylation sites (tertiary alicyclic amines) is 1. The normalized spacial score (nSPS) is 29.6. The van der Waals surface area contributed by atoms with E-state index in [4.69, 9.17) is 4.74 Å². The fourth-order valence-electron chi connectivity index (χ4n) is 4.41. The van der Waals surface area contributed by atoms with Crippen LogP contribution in [-0.4, -0.2) is 43.2 Å². The highest BCUT2D eigenvalue weighted by Crippen LogP contribution is 2.44. The lowest BCUT2D eigenvalue weighted by atomic mass is 9.72. The van der Waals surface area contributed by atoms with E-state index < -0.39 is 0 Å². The van der Waals surface area contributed by atoms with Gasteiger partial charge in [-0.15, -0.1) is 0 Å². The number of nitrogens with zero attached hydrogens (tertiary/aromatic N) is 1. The van der Waals surface area contributed by atoms with Crippen LogP contribution in [0.25, 0.3) is 10.9 Å². The maximum atomic E-state index is 5.40. The number of hydrogen-bond acceptors (Lipinski definition) is 2. The van der Waals surface area contributed by atoms with Crippen molar-refractivity contribution in [2.24, 2.45) is 5.92 Å². The molecule has 1 aliphatic heterocycles. The molecule has 3 nitrogen and oxygen atoms in total. The SMILES string of the molecule is COCC1CC2c3cccc4[nH]cc(c34)C[C@H]2N(C)C1. The quantitative estimate of drug-likeness (QED) is 0.909. The van der Waals surface area contributed by atoms with Crippen molar-refractivity contribution in [2.75, 3.05) is 27.3 Å². The van der Waals surface area contributed by atoms with E-state index in [0.717, 1.165) is 13.2 Å². The Morgan fingerprint density at radius 2 is 2.30 bits per heavy atom. The number of piperidine rings is 1. The molecule has 4 rings (SSSR count). The molecule has 1 aliphatic carbocycles. The molecule has 0 radical (unpaired) electrons. The van der Waals surface area contributed by atoms with Gasteiger partial charge in [-0.25, -0.2) is 0 Å². The first-order valence-electron chi connectivity index (χ1n) is 7.56. The Hall–Kier alpha value is -1.32. The Balaban J connectivity index is 1.79. The van der Waals surface area contributed by atoms with Crippen molar-refractivity contribution in [2.45, 2.75) is 24.8 Å². The Kier molecular flexibility index (Phi) is 2.86. The molecule has 1 aromatic heterocycles. The molecule has 2 unspecified atom stereocenters. The molecule has 3 atom stereocenters. The number of aromatic nitrogens is 1. The summed E-state index contributed by atoms with van der Waals surface area (Å²) in [4.78, 5) is 5.99. The van der Waals surface area contributed by atoms with E-state index in [1.54, 1.807) is 5.56 Å². The summed E-state index contributed by atoms with van der Waals surface area (Å²) in [6.45, 7) is 2.04. The number of ether oxygens (including phenoxy) is 1. The highest BCUT2D eigenvalue weighted by Gasteiger charge is 2.39. The second-order valence-electron chi connectivity index (χ2n) is 6.46. The van der Waals surface area contributed by atoms with E-state index >= 15 is 0 Å². The number of nitrogens with one attached hydrogen (secondary N) is 1. The first kappa shape index (κ1) is 12.4. The molecule has 3 heteroatoms. The number of benzene rings is 1. The molecule has 1 N–H and O–H groups in total. The average molecular weight is 270 g/mol. The summed E-state index contributed by atoms with van der Waals surface area (Å²) in [5.41, 5.74) is 4.34. The first-order chi connectivity index (χ1) is 9.78. The zero-order chi connectivity index (χ0) is 13.7. The standard InChI is InChI=1S/C17H22N2O/c1-19-9-11(10-20-2)6-14-13-4-3-5-15-17(13)12(8-18-15)7-16(14)19/h3-5,8,11,14,16,18H,6-7,9-10H2,1-2H3/t11?,14?,16-/m1/s1. The largest absolute Gasteiger partial charge is 0.384 e. The van der Waals surface area contributed by atoms with E-state index in [1.165, 1.54) is 29.3 Å². The fourth-order valence-corrected chi connectivity index (χ4v) is 4.41. The van der Waals surface area contributed by atoms with Gasteiger partial charge in [0.05, 0.1) is 6.61 Å². The van der Waals surface area contributed by atoms with E-state index in [-0.39, 0.29) is 0 Å². The third-order valence-electron chi connectivity index (χ3n) is 5.21. The lowest BCUT2D eigenvalue weighted by Crippen LogP contribution is -2.48. The van der Waals surface area contributed by atoms with Crippen molar-refractivity contribution in [3.05, 3.63) is 35.5 Å². The average Bonchev–Trinajstić information content (AvgIpc) is 2.86. The zero-order valence-electron chi connectivity index (χ0n) is 12.2. The van der Waals surface area contributed by atoms with Crippen LogP contribution < -0.4 is 0 Å². The molecule has 0 amide bonds. The first-order valence-corrected chi connectivity index (χ1v) is 7.56. The predicted octanol–water partition coefficient (Wildman–Crippen LogP) is 2.77. The van der Waals surface area contributed by atoms with Gasteiger partial charge in [0.15, 0.2) is 0 Å². The molecule has 20 heavy (non-hydrogen) atoms. The number of aromatic amines is 1. The molecule has 1 saturated heterocycles. The van der Waals surface area contributed by atoms with Crippen LogP contribution in [0.4, 0.5) is 0 Å². The van der Waals surface area contributed by atoms with Gasteiger partial charge >= 0.3 is 0 Å². The van der Waals surface area contributed by atoms with Gasteiger partial charge in [0.1, 0.15) is 0 Å². The summed E-state index contributed by atoms with van der Waals surface area (Å²) in [5.74, 6) is 1.31. The molecular weight excluding hydrogens is 248 g/mol. The van der Waals surface area contributed by atoms with Crippen molar-refractivity contribution >= 4 is 10.9 Å². The molecule has 1 fully saturated rings. The van der Waals surface area contributed by atoms with Crippen LogP contribution in [0.5, 0.6) is 0 Å². The van der Waals surface area contributed by atoms with E-state index in [0.29, 0.717) is 17.9 Å². The van der Waals surface area contributed by atoms with Gasteiger partial charge in [-0.1, -0.05) is 12.1 Å². The smallest absolute Gasteiger partial charge is 0.0502 e. The zero-order valence-corrected chi connectivity index (χ0v) is 12.2. The molecule has 2 heterocycles. The molecule has 106 valence electrons. The number of fused-ring (bicyclic) bond motifs is 2. The number of hydrogen-bond donors (Lipinski definition) is 1. The number of likely N-dealkylation sites (N-methyl/N-ethyl adjacent to an activating group) is 1. The second-order valence-corrected chi connectivity index (χ2v) is 6.46. The van der Waals surface area contributed by atoms with Crippen molar-refractivity contribution in [1.29, 1.82) is 0 Å². The maximum absolute atomic E-state index is 5.40. The van der Waals surface area contributed by atoms with Gasteiger partial charge < -0.3 is 14.6 Å². The third kappa shape index (κ3) is 1.73. The number of rotatable bonds is 2. The highest BCUT2D eigenvalue weighted by molar-refractivity contribution is 5.88. The second kappa shape index (κ2) is 4.61. The third-order valence-corrected chi connectivity index (χ3v) is 5.21. The Bertz CT molecular complexity index is 633. The van der Waals surface area contributed by atoms with Gasteiger partial charge in [0.2, 0.25) is 0 Å². The summed E-state index contributed by atoms with van der Waals surface area (Å²) in [7, 11) is 4.09. The van der Waals surface area contributed by atoms with Gasteiger partial charge in [0, 0.05) is 42.7 Å². The summed E-state index contributed by atoms with van der Waals surface area (Å²) < 4.78 is 5.40. The van der Waals surface area contributed by atoms with Crippen LogP contribution in [0, 0.1) is 5.92 Å². The van der Waals surface area contributed by atoms with Crippen molar-refractivity contribution in [3.8, 4) is 0 Å². The van der Waals surface area contributed by atoms with Crippen molar-refractivity contribution in [3.63, 3.8) is 0 Å². The van der Waals surface area contributed by atoms with Crippen LogP contribution in [-0.2, 0) is 11.2 Å². The summed E-state index contributed by atoms with van der Waals surface area (Å²) in [5, 5.41) is 1.49. The molecular formula is C17H22N2O. The molecule has 0 bridgehead atoms. The van der Waals surface area contributed by atoms with Crippen LogP contribution in [0.3, 0.4) is 0 Å². The Morgan fingerprint density at radius 1 is 1.40 bits per heavy atom. The van der Waals surface area contributed by atoms with Gasteiger partial charge in [-0.2, -0.15) is 0 Å². The molecule has 2 aromatic rings. The van der Waals surface area contributed by atoms with Crippen LogP contribution >= 0.6 is 0 Å². The highest BCUT2D eigenvalue weighted by atomic mass is 16.5. The fraction of sp³-hybridized carbons (Fsp3) is 0.529. The number of H-pyrrole nitrogens is 1.